The summed E-state index contributed by atoms with van der Waals surface area (Å²) in [7, 11) is 0. The lowest BCUT2D eigenvalue weighted by atomic mass is 9.82. The topological polar surface area (TPSA) is 261 Å². The van der Waals surface area contributed by atoms with Crippen LogP contribution in [0.1, 0.15) is 282 Å². The molecule has 728 valence electrons. The van der Waals surface area contributed by atoms with E-state index >= 15 is 13.2 Å². The quantitative estimate of drug-likeness (QED) is 0.0696. The zero-order chi connectivity index (χ0) is 97.0. The number of aliphatic carboxylic acids is 1. The van der Waals surface area contributed by atoms with Gasteiger partial charge in [0.1, 0.15) is 46.6 Å². The number of aromatic nitrogens is 20. The molecule has 12 heterocycles. The molecule has 0 amide bonds. The molecule has 4 fully saturated rings. The molecule has 4 aromatic carbocycles. The highest BCUT2D eigenvalue weighted by molar-refractivity contribution is 14.1. The van der Waals surface area contributed by atoms with Crippen molar-refractivity contribution in [3.63, 3.8) is 0 Å². The molecule has 0 spiro atoms. The van der Waals surface area contributed by atoms with Crippen LogP contribution in [-0.4, -0.2) is 109 Å². The minimum atomic E-state index is -0.609. The molecule has 0 bridgehead atoms. The van der Waals surface area contributed by atoms with Gasteiger partial charge in [-0.15, -0.1) is 0 Å². The predicted octanol–water partition coefficient (Wildman–Crippen LogP) is 25.6. The van der Waals surface area contributed by atoms with E-state index in [1.807, 2.05) is 36.3 Å². The van der Waals surface area contributed by atoms with Crippen LogP contribution in [0.3, 0.4) is 0 Å². The zero-order valence-corrected chi connectivity index (χ0v) is 82.9. The van der Waals surface area contributed by atoms with Crippen LogP contribution in [0, 0.1) is 56.4 Å². The third-order valence-electron chi connectivity index (χ3n) is 32.6. The second kappa shape index (κ2) is 40.6. The van der Waals surface area contributed by atoms with Crippen LogP contribution in [0.5, 0.6) is 0 Å². The van der Waals surface area contributed by atoms with Gasteiger partial charge in [-0.3, -0.25) is 24.7 Å². The number of fused-ring (bicyclic) bond motifs is 12. The molecule has 16 aromatic rings. The van der Waals surface area contributed by atoms with Gasteiger partial charge in [-0.2, -0.15) is 24.9 Å². The monoisotopic (exact) mass is 2030 g/mol. The summed E-state index contributed by atoms with van der Waals surface area (Å²) in [5.41, 5.74) is 31.4. The lowest BCUT2D eigenvalue weighted by molar-refractivity contribution is -0.141. The molecule has 1 N–H and O–H groups in total. The summed E-state index contributed by atoms with van der Waals surface area (Å²) < 4.78 is 67.1. The average Bonchev–Trinajstić information content (AvgIpc) is 1.61. The van der Waals surface area contributed by atoms with Crippen molar-refractivity contribution in [3.05, 3.63) is 329 Å². The van der Waals surface area contributed by atoms with E-state index in [1.165, 1.54) is 79.1 Å². The Morgan fingerprint density at radius 3 is 0.972 bits per heavy atom. The van der Waals surface area contributed by atoms with Crippen LogP contribution in [-0.2, 0) is 56.2 Å². The van der Waals surface area contributed by atoms with Gasteiger partial charge in [-0.1, -0.05) is 171 Å². The number of hydrogen-bond donors (Lipinski definition) is 1. The first-order valence-electron chi connectivity index (χ1n) is 52.1. The van der Waals surface area contributed by atoms with Crippen LogP contribution in [0.4, 0.5) is 17.6 Å². The Balaban J connectivity index is 0.000000101. The molecule has 4 saturated carbocycles. The van der Waals surface area contributed by atoms with Crippen LogP contribution in [0.15, 0.2) is 218 Å². The molecule has 12 aromatic heterocycles. The standard InChI is InChI=1S/3C29H28FN5.C24H19FIN5.C6H10O2/c3*30-25-16-22(17-31-28(25)19-5-1-2-6-19)29-33-26-11-12-32-35(26)27(34-29)14-18-9-10-21-15-20-7-3-4-8-23(20)24(21)13-18;25-18-10-17(11-27-12-18)23-29-22(31-24(30-23)21(26)13-28-31)8-14-5-6-16-9-15-3-1-2-4-19(15)20(16)7-14;7-6(8)5-3-1-2-4-5/h3*3-4,7-8,11-12,16-19H,1-2,5-6,9-10,13-15H2;1-4,10-14H,5-9H2;5H,1-4H2,(H,7,8)/t3*18-;14-;/m1111./s1. The molecule has 12 aliphatic carbocycles. The van der Waals surface area contributed by atoms with E-state index in [2.05, 4.69) is 180 Å². The first-order valence-corrected chi connectivity index (χ1v) is 53.2. The summed E-state index contributed by atoms with van der Waals surface area (Å²) in [5, 5.41) is 26.4. The summed E-state index contributed by atoms with van der Waals surface area (Å²) >= 11 is 2.23. The van der Waals surface area contributed by atoms with Gasteiger partial charge in [0.05, 0.1) is 57.6 Å². The molecule has 0 saturated heterocycles. The minimum absolute atomic E-state index is 0.0185. The van der Waals surface area contributed by atoms with E-state index in [0.717, 1.165) is 281 Å². The molecular formula is C117H113F4IN20O2. The van der Waals surface area contributed by atoms with E-state index in [9.17, 15) is 9.18 Å². The Morgan fingerprint density at radius 2 is 0.653 bits per heavy atom. The zero-order valence-electron chi connectivity index (χ0n) is 80.7. The van der Waals surface area contributed by atoms with Gasteiger partial charge in [0.15, 0.2) is 45.9 Å². The normalized spacial score (nSPS) is 19.6. The molecule has 144 heavy (non-hydrogen) atoms. The lowest BCUT2D eigenvalue weighted by Crippen LogP contribution is -2.16. The van der Waals surface area contributed by atoms with Crippen molar-refractivity contribution >= 4 is 73.4 Å². The number of carboxylic acid groups (broad SMARTS) is 1. The Kier molecular flexibility index (Phi) is 26.2. The van der Waals surface area contributed by atoms with Crippen LogP contribution >= 0.6 is 22.6 Å². The molecule has 0 aliphatic heterocycles. The second-order valence-electron chi connectivity index (χ2n) is 41.7. The summed E-state index contributed by atoms with van der Waals surface area (Å²) in [5.74, 6) is 6.56. The highest BCUT2D eigenvalue weighted by Crippen LogP contribution is 2.51. The predicted molar refractivity (Wildman–Crippen MR) is 554 cm³/mol. The molecule has 0 radical (unpaired) electrons. The van der Waals surface area contributed by atoms with Crippen molar-refractivity contribution in [2.24, 2.45) is 29.6 Å². The first-order chi connectivity index (χ1) is 70.6. The van der Waals surface area contributed by atoms with E-state index < -0.39 is 11.8 Å². The maximum absolute atomic E-state index is 15.0. The summed E-state index contributed by atoms with van der Waals surface area (Å²) in [6, 6.07) is 47.0. The highest BCUT2D eigenvalue weighted by atomic mass is 127. The van der Waals surface area contributed by atoms with E-state index in [1.54, 1.807) is 90.1 Å². The number of carboxylic acids is 1. The van der Waals surface area contributed by atoms with Crippen molar-refractivity contribution in [2.75, 3.05) is 0 Å². The highest BCUT2D eigenvalue weighted by Gasteiger charge is 2.37. The van der Waals surface area contributed by atoms with Gasteiger partial charge in [0.2, 0.25) is 0 Å². The number of nitrogens with zero attached hydrogens (tertiary/aromatic N) is 20. The Hall–Kier alpha value is -13.4. The molecule has 12 aliphatic rings. The summed E-state index contributed by atoms with van der Waals surface area (Å²) in [6.45, 7) is 0. The van der Waals surface area contributed by atoms with E-state index in [-0.39, 0.29) is 41.1 Å². The SMILES string of the molecule is Fc1cc(-c2nc(C[C@@H]3CCC4=C(C3)c3ccccc3C4)n3nccc3n2)cnc1C1CCCC1.Fc1cc(-c2nc(C[C@@H]3CCC4=C(C3)c3ccccc3C4)n3nccc3n2)cnc1C1CCCC1.Fc1cc(-c2nc(C[C@@H]3CCC4=C(C3)c3ccccc3C4)n3nccc3n2)cnc1C1CCCC1.Fc1cncc(-c2nc(C[C@@H]3CCC4=C(C3)c3ccccc3C4)n3ncc(I)c3n2)c1.O=C(O)C1CCCC1. The third-order valence-corrected chi connectivity index (χ3v) is 33.4. The van der Waals surface area contributed by atoms with Gasteiger partial charge in [0.25, 0.3) is 0 Å². The largest absolute Gasteiger partial charge is 0.481 e. The van der Waals surface area contributed by atoms with Gasteiger partial charge in [-0.25, -0.2) is 71.0 Å². The van der Waals surface area contributed by atoms with Gasteiger partial charge < -0.3 is 5.11 Å². The number of rotatable bonds is 16. The molecule has 22 nitrogen and oxygen atoms in total. The number of pyridine rings is 4. The van der Waals surface area contributed by atoms with Crippen LogP contribution in [0.25, 0.3) is 90.4 Å². The molecule has 4 atom stereocenters. The third kappa shape index (κ3) is 19.1. The molecule has 0 unspecified atom stereocenters. The van der Waals surface area contributed by atoms with E-state index in [0.29, 0.717) is 86.3 Å². The fraction of sp³-hybridized carbons (Fsp3) is 0.376. The molecule has 28 rings (SSSR count). The van der Waals surface area contributed by atoms with Gasteiger partial charge in [0, 0.05) is 109 Å². The minimum Gasteiger partial charge on any atom is -0.481 e. The maximum Gasteiger partial charge on any atom is 0.306 e. The van der Waals surface area contributed by atoms with Crippen molar-refractivity contribution in [1.29, 1.82) is 0 Å². The smallest absolute Gasteiger partial charge is 0.306 e. The van der Waals surface area contributed by atoms with Gasteiger partial charge >= 0.3 is 5.97 Å². The Morgan fingerprint density at radius 1 is 0.340 bits per heavy atom. The van der Waals surface area contributed by atoms with Crippen molar-refractivity contribution < 1.29 is 27.5 Å². The molecule has 27 heteroatoms. The summed E-state index contributed by atoms with van der Waals surface area (Å²) in [6.07, 6.45) is 53.4. The van der Waals surface area contributed by atoms with Crippen molar-refractivity contribution in [3.8, 4) is 45.6 Å². The van der Waals surface area contributed by atoms with Crippen molar-refractivity contribution in [1.82, 2.24) is 98.3 Å². The number of carbonyl (C=O) groups is 1. The number of allylic oxidation sites excluding steroid dienone is 8. The Bertz CT molecular complexity index is 7250. The lowest BCUT2D eigenvalue weighted by Gasteiger charge is -2.24. The number of hydrogen-bond acceptors (Lipinski definition) is 17. The van der Waals surface area contributed by atoms with Crippen LogP contribution < -0.4 is 0 Å². The average molecular weight is 2030 g/mol. The van der Waals surface area contributed by atoms with Crippen molar-refractivity contribution in [2.45, 2.75) is 249 Å². The number of benzene rings is 4. The van der Waals surface area contributed by atoms with Gasteiger partial charge in [-0.05, 0) is 291 Å². The first kappa shape index (κ1) is 92.9. The van der Waals surface area contributed by atoms with Crippen LogP contribution in [0.2, 0.25) is 0 Å². The summed E-state index contributed by atoms with van der Waals surface area (Å²) in [4.78, 5) is 66.0. The second-order valence-corrected chi connectivity index (χ2v) is 42.9. The fourth-order valence-electron chi connectivity index (χ4n) is 25.3. The Labute approximate surface area is 846 Å². The molecular weight excluding hydrogens is 1920 g/mol. The number of halogens is 5. The van der Waals surface area contributed by atoms with E-state index in [4.69, 9.17) is 25.0 Å². The maximum atomic E-state index is 15.0. The fourth-order valence-corrected chi connectivity index (χ4v) is 25.8.